The maximum absolute atomic E-state index is 14.3. The second-order valence-electron chi connectivity index (χ2n) is 6.24. The van der Waals surface area contributed by atoms with Crippen LogP contribution in [-0.2, 0) is 9.53 Å². The first-order valence-electron chi connectivity index (χ1n) is 8.27. The molecule has 142 valence electrons. The number of nitrogens with zero attached hydrogens (tertiary/aromatic N) is 2. The number of hydrogen-bond donors (Lipinski definition) is 1. The molecule has 1 aromatic rings. The highest BCUT2D eigenvalue weighted by molar-refractivity contribution is 5.85. The first-order valence-corrected chi connectivity index (χ1v) is 8.27. The van der Waals surface area contributed by atoms with Gasteiger partial charge < -0.3 is 15.4 Å². The molecule has 0 spiro atoms. The van der Waals surface area contributed by atoms with Crippen LogP contribution in [-0.4, -0.2) is 61.1 Å². The van der Waals surface area contributed by atoms with E-state index in [2.05, 4.69) is 0 Å². The van der Waals surface area contributed by atoms with Crippen molar-refractivity contribution in [2.45, 2.75) is 24.9 Å². The van der Waals surface area contributed by atoms with E-state index in [0.29, 0.717) is 45.0 Å². The molecule has 1 aromatic carbocycles. The fourth-order valence-electron chi connectivity index (χ4n) is 3.31. The molecule has 8 heteroatoms. The standard InChI is InChI=1S/C17H24FN3O2.2ClH/c18-15-4-2-1-3-14(15)16(20-9-11-23-12-10-20)17(22)21-7-5-13(19)6-8-21;;/h1-4,13,16H,5-12,19H2;2*1H. The Labute approximate surface area is 160 Å². The molecule has 0 aliphatic carbocycles. The zero-order valence-electron chi connectivity index (χ0n) is 14.1. The molecule has 2 N–H and O–H groups in total. The Morgan fingerprint density at radius 1 is 1.12 bits per heavy atom. The van der Waals surface area contributed by atoms with Crippen molar-refractivity contribution in [2.75, 3.05) is 39.4 Å². The lowest BCUT2D eigenvalue weighted by molar-refractivity contribution is -0.140. The molecular weight excluding hydrogens is 368 g/mol. The topological polar surface area (TPSA) is 58.8 Å². The lowest BCUT2D eigenvalue weighted by atomic mass is 10.00. The lowest BCUT2D eigenvalue weighted by Crippen LogP contribution is -2.50. The number of morpholine rings is 1. The van der Waals surface area contributed by atoms with E-state index in [1.54, 1.807) is 18.2 Å². The summed E-state index contributed by atoms with van der Waals surface area (Å²) in [6.45, 7) is 3.72. The minimum absolute atomic E-state index is 0. The van der Waals surface area contributed by atoms with Crippen LogP contribution in [0, 0.1) is 5.82 Å². The summed E-state index contributed by atoms with van der Waals surface area (Å²) in [5.41, 5.74) is 6.38. The van der Waals surface area contributed by atoms with Crippen LogP contribution in [0.3, 0.4) is 0 Å². The first-order chi connectivity index (χ1) is 11.2. The van der Waals surface area contributed by atoms with E-state index in [1.165, 1.54) is 6.07 Å². The van der Waals surface area contributed by atoms with Crippen molar-refractivity contribution in [3.8, 4) is 0 Å². The van der Waals surface area contributed by atoms with E-state index >= 15 is 0 Å². The molecule has 0 bridgehead atoms. The molecule has 2 fully saturated rings. The number of piperidine rings is 1. The number of likely N-dealkylation sites (tertiary alicyclic amines) is 1. The SMILES string of the molecule is Cl.Cl.NC1CCN(C(=O)C(c2ccccc2F)N2CCOCC2)CC1. The Bertz CT molecular complexity index is 550. The molecular formula is C17H26Cl2FN3O2. The number of hydrogen-bond acceptors (Lipinski definition) is 4. The van der Waals surface area contributed by atoms with Gasteiger partial charge in [-0.15, -0.1) is 24.8 Å². The molecule has 2 heterocycles. The number of halogens is 3. The van der Waals surface area contributed by atoms with E-state index in [0.717, 1.165) is 12.8 Å². The monoisotopic (exact) mass is 393 g/mol. The molecule has 0 radical (unpaired) electrons. The Hall–Kier alpha value is -0.920. The van der Waals surface area contributed by atoms with Crippen LogP contribution in [0.1, 0.15) is 24.4 Å². The van der Waals surface area contributed by atoms with Gasteiger partial charge in [0.05, 0.1) is 13.2 Å². The zero-order valence-corrected chi connectivity index (χ0v) is 15.7. The molecule has 0 aromatic heterocycles. The third-order valence-electron chi connectivity index (χ3n) is 4.70. The normalized spacial score (nSPS) is 20.3. The molecule has 2 aliphatic heterocycles. The van der Waals surface area contributed by atoms with Crippen LogP contribution in [0.2, 0.25) is 0 Å². The maximum atomic E-state index is 14.3. The van der Waals surface area contributed by atoms with Gasteiger partial charge in [0.25, 0.3) is 0 Å². The Kier molecular flexibility index (Phi) is 9.10. The van der Waals surface area contributed by atoms with Gasteiger partial charge >= 0.3 is 0 Å². The zero-order chi connectivity index (χ0) is 16.2. The van der Waals surface area contributed by atoms with Crippen molar-refractivity contribution in [2.24, 2.45) is 5.73 Å². The molecule has 1 unspecified atom stereocenters. The quantitative estimate of drug-likeness (QED) is 0.852. The highest BCUT2D eigenvalue weighted by atomic mass is 35.5. The number of carbonyl (C=O) groups is 1. The summed E-state index contributed by atoms with van der Waals surface area (Å²) >= 11 is 0. The lowest BCUT2D eigenvalue weighted by Gasteiger charge is -2.38. The number of ether oxygens (including phenoxy) is 1. The van der Waals surface area contributed by atoms with Gasteiger partial charge in [-0.25, -0.2) is 4.39 Å². The van der Waals surface area contributed by atoms with Gasteiger partial charge in [-0.2, -0.15) is 0 Å². The maximum Gasteiger partial charge on any atom is 0.244 e. The predicted octanol–water partition coefficient (Wildman–Crippen LogP) is 1.99. The van der Waals surface area contributed by atoms with Crippen molar-refractivity contribution < 1.29 is 13.9 Å². The molecule has 1 amide bonds. The Morgan fingerprint density at radius 2 is 1.72 bits per heavy atom. The summed E-state index contributed by atoms with van der Waals surface area (Å²) in [5.74, 6) is -0.352. The minimum Gasteiger partial charge on any atom is -0.379 e. The van der Waals surface area contributed by atoms with E-state index in [1.807, 2.05) is 9.80 Å². The van der Waals surface area contributed by atoms with Gasteiger partial charge in [0, 0.05) is 37.8 Å². The van der Waals surface area contributed by atoms with E-state index < -0.39 is 6.04 Å². The van der Waals surface area contributed by atoms with Gasteiger partial charge in [0.1, 0.15) is 11.9 Å². The van der Waals surface area contributed by atoms with Crippen LogP contribution in [0.15, 0.2) is 24.3 Å². The van der Waals surface area contributed by atoms with E-state index in [-0.39, 0.29) is 42.6 Å². The number of nitrogens with two attached hydrogens (primary N) is 1. The number of benzene rings is 1. The molecule has 2 aliphatic rings. The van der Waals surface area contributed by atoms with Crippen molar-refractivity contribution in [1.82, 2.24) is 9.80 Å². The fraction of sp³-hybridized carbons (Fsp3) is 0.588. The van der Waals surface area contributed by atoms with Crippen LogP contribution >= 0.6 is 24.8 Å². The minimum atomic E-state index is -0.575. The van der Waals surface area contributed by atoms with Crippen LogP contribution in [0.25, 0.3) is 0 Å². The van der Waals surface area contributed by atoms with Crippen molar-refractivity contribution in [3.63, 3.8) is 0 Å². The summed E-state index contributed by atoms with van der Waals surface area (Å²) in [7, 11) is 0. The summed E-state index contributed by atoms with van der Waals surface area (Å²) in [6, 6.07) is 6.15. The second kappa shape index (κ2) is 10.3. The highest BCUT2D eigenvalue weighted by Gasteiger charge is 2.35. The average Bonchev–Trinajstić information content (AvgIpc) is 2.58. The van der Waals surface area contributed by atoms with Gasteiger partial charge in [-0.1, -0.05) is 18.2 Å². The van der Waals surface area contributed by atoms with Gasteiger partial charge in [-0.05, 0) is 18.9 Å². The smallest absolute Gasteiger partial charge is 0.244 e. The Morgan fingerprint density at radius 3 is 2.32 bits per heavy atom. The molecule has 0 saturated carbocycles. The number of amides is 1. The molecule has 2 saturated heterocycles. The molecule has 3 rings (SSSR count). The molecule has 1 atom stereocenters. The Balaban J connectivity index is 0.00000156. The second-order valence-corrected chi connectivity index (χ2v) is 6.24. The van der Waals surface area contributed by atoms with Crippen LogP contribution in [0.4, 0.5) is 4.39 Å². The molecule has 5 nitrogen and oxygen atoms in total. The van der Waals surface area contributed by atoms with Gasteiger partial charge in [0.15, 0.2) is 0 Å². The summed E-state index contributed by atoms with van der Waals surface area (Å²) in [6.07, 6.45) is 1.61. The van der Waals surface area contributed by atoms with Crippen LogP contribution < -0.4 is 5.73 Å². The average molecular weight is 394 g/mol. The summed E-state index contributed by atoms with van der Waals surface area (Å²) in [4.78, 5) is 16.9. The largest absolute Gasteiger partial charge is 0.379 e. The van der Waals surface area contributed by atoms with E-state index in [9.17, 15) is 9.18 Å². The summed E-state index contributed by atoms with van der Waals surface area (Å²) < 4.78 is 19.7. The van der Waals surface area contributed by atoms with Gasteiger partial charge in [-0.3, -0.25) is 9.69 Å². The molecule has 25 heavy (non-hydrogen) atoms. The third kappa shape index (κ3) is 5.28. The van der Waals surface area contributed by atoms with E-state index in [4.69, 9.17) is 10.5 Å². The first kappa shape index (κ1) is 22.1. The van der Waals surface area contributed by atoms with Crippen molar-refractivity contribution in [3.05, 3.63) is 35.6 Å². The number of carbonyl (C=O) groups excluding carboxylic acids is 1. The number of rotatable bonds is 3. The third-order valence-corrected chi connectivity index (χ3v) is 4.70. The van der Waals surface area contributed by atoms with Gasteiger partial charge in [0.2, 0.25) is 5.91 Å². The van der Waals surface area contributed by atoms with Crippen LogP contribution in [0.5, 0.6) is 0 Å². The summed E-state index contributed by atoms with van der Waals surface area (Å²) in [5, 5.41) is 0. The predicted molar refractivity (Wildman–Crippen MR) is 99.8 cm³/mol. The van der Waals surface area contributed by atoms with Crippen molar-refractivity contribution >= 4 is 30.7 Å². The highest BCUT2D eigenvalue weighted by Crippen LogP contribution is 2.27. The van der Waals surface area contributed by atoms with Crippen molar-refractivity contribution in [1.29, 1.82) is 0 Å². The fourth-order valence-corrected chi connectivity index (χ4v) is 3.31.